The normalized spacial score (nSPS) is 14.3. The fourth-order valence-corrected chi connectivity index (χ4v) is 8.17. The van der Waals surface area contributed by atoms with Crippen LogP contribution < -0.4 is 16.0 Å². The van der Waals surface area contributed by atoms with Gasteiger partial charge >= 0.3 is 6.85 Å². The van der Waals surface area contributed by atoms with E-state index in [2.05, 4.69) is 169 Å². The lowest BCUT2D eigenvalue weighted by atomic mass is 9.47. The maximum absolute atomic E-state index is 7.03. The molecule has 3 nitrogen and oxygen atoms in total. The third-order valence-corrected chi connectivity index (χ3v) is 10.8. The third-order valence-electron chi connectivity index (χ3n) is 10.8. The van der Waals surface area contributed by atoms with Gasteiger partial charge in [0.25, 0.3) is 0 Å². The number of para-hydroxylation sites is 1. The number of nitrogens with zero attached hydrogens (tertiary/aromatic N) is 2. The van der Waals surface area contributed by atoms with Gasteiger partial charge < -0.3 is 13.8 Å². The first-order valence-corrected chi connectivity index (χ1v) is 17.4. The Kier molecular flexibility index (Phi) is 5.81. The Morgan fingerprint density at radius 2 is 1.23 bits per heavy atom. The van der Waals surface area contributed by atoms with Crippen molar-refractivity contribution >= 4 is 67.8 Å². The molecule has 2 aromatic heterocycles. The zero-order chi connectivity index (χ0) is 33.5. The number of aromatic nitrogens is 1. The molecule has 0 unspecified atom stereocenters. The molecule has 0 bridgehead atoms. The number of rotatable bonds is 1. The summed E-state index contributed by atoms with van der Waals surface area (Å²) < 4.78 is 9.63. The third kappa shape index (κ3) is 4.01. The van der Waals surface area contributed by atoms with Crippen molar-refractivity contribution in [2.45, 2.75) is 78.6 Å². The number of fused-ring (bicyclic) bond motifs is 9. The molecule has 2 aliphatic rings. The van der Waals surface area contributed by atoms with Crippen molar-refractivity contribution in [1.29, 1.82) is 0 Å². The molecule has 0 aliphatic carbocycles. The standard InChI is InChI=1S/C44H43BN2O/c1-42(2,3)26-17-20-29(21-18-26)46-36-15-12-14-30-33-24-28(44(7,8)9)25-34-32-23-27(43(4,5)6)19-22-35(32)47(39(33)34)45(38(30)36)41-40(46)31-13-10-11-16-37(31)48-41/h10-25H,1-9H3. The van der Waals surface area contributed by atoms with E-state index in [1.807, 2.05) is 0 Å². The lowest BCUT2D eigenvalue weighted by molar-refractivity contribution is 0.590. The van der Waals surface area contributed by atoms with E-state index in [-0.39, 0.29) is 23.1 Å². The molecule has 0 spiro atoms. The average Bonchev–Trinajstić information content (AvgIpc) is 3.58. The summed E-state index contributed by atoms with van der Waals surface area (Å²) in [5.41, 5.74) is 16.0. The van der Waals surface area contributed by atoms with Crippen LogP contribution in [0.2, 0.25) is 0 Å². The van der Waals surface area contributed by atoms with Crippen LogP contribution in [0.5, 0.6) is 0 Å². The maximum atomic E-state index is 7.03. The molecule has 0 N–H and O–H groups in total. The van der Waals surface area contributed by atoms with Gasteiger partial charge in [0, 0.05) is 44.1 Å². The van der Waals surface area contributed by atoms with E-state index in [1.165, 1.54) is 60.8 Å². The molecule has 0 atom stereocenters. The average molecular weight is 627 g/mol. The Morgan fingerprint density at radius 1 is 0.562 bits per heavy atom. The van der Waals surface area contributed by atoms with Crippen molar-refractivity contribution in [3.05, 3.63) is 114 Å². The summed E-state index contributed by atoms with van der Waals surface area (Å²) in [6.07, 6.45) is 0. The fraction of sp³-hybridized carbons (Fsp3) is 0.273. The molecular weight excluding hydrogens is 583 g/mol. The van der Waals surface area contributed by atoms with Crippen LogP contribution in [0, 0.1) is 0 Å². The SMILES string of the molecule is CC(C)(C)c1ccc(N2c3cccc4c3B(c3oc5ccccc5c32)n2c3ccc(C(C)(C)C)cc3c3cc(C(C)(C)C)cc-4c32)cc1. The van der Waals surface area contributed by atoms with E-state index >= 15 is 0 Å². The Balaban J connectivity index is 1.43. The van der Waals surface area contributed by atoms with Crippen LogP contribution in [0.25, 0.3) is 43.9 Å². The van der Waals surface area contributed by atoms with Gasteiger partial charge in [-0.1, -0.05) is 105 Å². The summed E-state index contributed by atoms with van der Waals surface area (Å²) in [6.45, 7) is 20.6. The molecule has 4 heteroatoms. The van der Waals surface area contributed by atoms with E-state index in [4.69, 9.17) is 4.42 Å². The number of hydrogen-bond acceptors (Lipinski definition) is 2. The summed E-state index contributed by atoms with van der Waals surface area (Å²) >= 11 is 0. The van der Waals surface area contributed by atoms with E-state index < -0.39 is 0 Å². The Hall–Kier alpha value is -4.70. The van der Waals surface area contributed by atoms with Crippen molar-refractivity contribution in [2.75, 3.05) is 4.90 Å². The second kappa shape index (κ2) is 9.47. The van der Waals surface area contributed by atoms with Crippen LogP contribution in [0.15, 0.2) is 101 Å². The first-order chi connectivity index (χ1) is 22.7. The molecule has 7 aromatic rings. The topological polar surface area (TPSA) is 21.3 Å². The van der Waals surface area contributed by atoms with Crippen molar-refractivity contribution < 1.29 is 4.42 Å². The van der Waals surface area contributed by atoms with Gasteiger partial charge in [-0.15, -0.1) is 0 Å². The van der Waals surface area contributed by atoms with E-state index in [0.717, 1.165) is 28.0 Å². The smallest absolute Gasteiger partial charge is 0.375 e. The Morgan fingerprint density at radius 3 is 1.94 bits per heavy atom. The van der Waals surface area contributed by atoms with Crippen molar-refractivity contribution in [3.8, 4) is 11.1 Å². The van der Waals surface area contributed by atoms with Crippen molar-refractivity contribution in [3.63, 3.8) is 0 Å². The summed E-state index contributed by atoms with van der Waals surface area (Å²) in [6, 6.07) is 36.7. The minimum absolute atomic E-state index is 0.000811. The Labute approximate surface area is 284 Å². The maximum Gasteiger partial charge on any atom is 0.375 e. The van der Waals surface area contributed by atoms with Crippen molar-refractivity contribution in [1.82, 2.24) is 4.48 Å². The molecular formula is C44H43BN2O. The molecule has 0 amide bonds. The fourth-order valence-electron chi connectivity index (χ4n) is 8.17. The van der Waals surface area contributed by atoms with Gasteiger partial charge in [-0.25, -0.2) is 0 Å². The highest BCUT2D eigenvalue weighted by molar-refractivity contribution is 6.89. The number of benzene rings is 5. The molecule has 0 radical (unpaired) electrons. The van der Waals surface area contributed by atoms with Gasteiger partial charge in [-0.05, 0) is 98.6 Å². The first-order valence-electron chi connectivity index (χ1n) is 17.4. The summed E-state index contributed by atoms with van der Waals surface area (Å²) in [5, 5.41) is 3.78. The Bertz CT molecular complexity index is 2460. The zero-order valence-electron chi connectivity index (χ0n) is 29.6. The van der Waals surface area contributed by atoms with Crippen molar-refractivity contribution in [2.24, 2.45) is 0 Å². The highest BCUT2D eigenvalue weighted by Crippen LogP contribution is 2.48. The van der Waals surface area contributed by atoms with Crippen LogP contribution in [-0.2, 0) is 16.2 Å². The molecule has 0 fully saturated rings. The minimum Gasteiger partial charge on any atom is -0.466 e. The highest BCUT2D eigenvalue weighted by Gasteiger charge is 2.46. The van der Waals surface area contributed by atoms with E-state index in [1.54, 1.807) is 0 Å². The van der Waals surface area contributed by atoms with Gasteiger partial charge in [-0.2, -0.15) is 0 Å². The van der Waals surface area contributed by atoms with Gasteiger partial charge in [0.05, 0.1) is 5.69 Å². The lowest BCUT2D eigenvalue weighted by Gasteiger charge is -2.38. The van der Waals surface area contributed by atoms with E-state index in [0.29, 0.717) is 0 Å². The molecule has 48 heavy (non-hydrogen) atoms. The van der Waals surface area contributed by atoms with Crippen LogP contribution >= 0.6 is 0 Å². The minimum atomic E-state index is -0.0998. The monoisotopic (exact) mass is 626 g/mol. The largest absolute Gasteiger partial charge is 0.466 e. The molecule has 0 saturated carbocycles. The predicted molar refractivity (Wildman–Crippen MR) is 206 cm³/mol. The second-order valence-electron chi connectivity index (χ2n) is 17.1. The van der Waals surface area contributed by atoms with Gasteiger partial charge in [0.2, 0.25) is 0 Å². The van der Waals surface area contributed by atoms with Crippen LogP contribution in [0.3, 0.4) is 0 Å². The summed E-state index contributed by atoms with van der Waals surface area (Å²) in [5.74, 6) is 0. The number of hydrogen-bond donors (Lipinski definition) is 0. The molecule has 5 aromatic carbocycles. The van der Waals surface area contributed by atoms with Crippen LogP contribution in [-0.4, -0.2) is 11.3 Å². The van der Waals surface area contributed by atoms with Gasteiger partial charge in [0.15, 0.2) is 0 Å². The molecule has 4 heterocycles. The van der Waals surface area contributed by atoms with Gasteiger partial charge in [-0.3, -0.25) is 0 Å². The number of anilines is 3. The predicted octanol–water partition coefficient (Wildman–Crippen LogP) is 10.9. The number of furan rings is 1. The van der Waals surface area contributed by atoms with E-state index in [9.17, 15) is 0 Å². The molecule has 2 aliphatic heterocycles. The second-order valence-corrected chi connectivity index (χ2v) is 17.1. The zero-order valence-corrected chi connectivity index (χ0v) is 29.6. The molecule has 0 saturated heterocycles. The highest BCUT2D eigenvalue weighted by atomic mass is 16.3. The first kappa shape index (κ1) is 29.4. The summed E-state index contributed by atoms with van der Waals surface area (Å²) in [7, 11) is 0. The summed E-state index contributed by atoms with van der Waals surface area (Å²) in [4.78, 5) is 2.46. The lowest BCUT2D eigenvalue weighted by Crippen LogP contribution is -2.56. The van der Waals surface area contributed by atoms with Gasteiger partial charge in [0.1, 0.15) is 11.2 Å². The van der Waals surface area contributed by atoms with Crippen LogP contribution in [0.1, 0.15) is 79.0 Å². The molecule has 238 valence electrons. The van der Waals surface area contributed by atoms with Crippen LogP contribution in [0.4, 0.5) is 17.1 Å². The molecule has 9 rings (SSSR count). The quantitative estimate of drug-likeness (QED) is 0.169.